The molecule has 1 rings (SSSR count). The van der Waals surface area contributed by atoms with Gasteiger partial charge in [-0.2, -0.15) is 0 Å². The van der Waals surface area contributed by atoms with Crippen LogP contribution < -0.4 is 5.73 Å². The smallest absolute Gasteiger partial charge is 0.136 e. The van der Waals surface area contributed by atoms with Gasteiger partial charge < -0.3 is 15.9 Å². The lowest BCUT2D eigenvalue weighted by Gasteiger charge is -2.13. The molecule has 0 amide bonds. The average molecular weight is 301 g/mol. The number of phenolic OH excluding ortho intramolecular Hbond substituents is 1. The van der Waals surface area contributed by atoms with Gasteiger partial charge in [0.15, 0.2) is 0 Å². The fraction of sp³-hybridized carbons (Fsp3) is 0.250. The first-order valence-electron chi connectivity index (χ1n) is 3.71. The Labute approximate surface area is 99.6 Å². The highest BCUT2D eigenvalue weighted by atomic mass is 79.9. The third kappa shape index (κ3) is 2.15. The van der Waals surface area contributed by atoms with Gasteiger partial charge in [0.2, 0.25) is 0 Å². The molecular formula is C8H8BrCl2NO2. The molecule has 0 bridgehead atoms. The Morgan fingerprint density at radius 2 is 2.07 bits per heavy atom. The average Bonchev–Trinajstić information content (AvgIpc) is 2.19. The summed E-state index contributed by atoms with van der Waals surface area (Å²) < 4.78 is 0.283. The summed E-state index contributed by atoms with van der Waals surface area (Å²) >= 11 is 14.6. The van der Waals surface area contributed by atoms with Crippen molar-refractivity contribution in [1.82, 2.24) is 0 Å². The zero-order valence-corrected chi connectivity index (χ0v) is 10.1. The molecule has 0 aliphatic heterocycles. The molecule has 1 aromatic carbocycles. The molecule has 0 radical (unpaired) electrons. The molecule has 0 aliphatic carbocycles. The number of hydrogen-bond acceptors (Lipinski definition) is 3. The van der Waals surface area contributed by atoms with Gasteiger partial charge in [0, 0.05) is 5.56 Å². The molecule has 4 N–H and O–H groups in total. The Bertz CT molecular complexity index is 360. The molecule has 0 heterocycles. The van der Waals surface area contributed by atoms with E-state index in [1.165, 1.54) is 6.07 Å². The Morgan fingerprint density at radius 3 is 2.57 bits per heavy atom. The molecule has 14 heavy (non-hydrogen) atoms. The standard InChI is InChI=1S/C8H8BrCl2NO2/c9-6-7(11)4(10)1-3(8(6)14)5(12)2-13/h1,5,13-14H,2,12H2/t5-/m1/s1. The van der Waals surface area contributed by atoms with Crippen LogP contribution >= 0.6 is 39.1 Å². The molecule has 0 fully saturated rings. The summed E-state index contributed by atoms with van der Waals surface area (Å²) in [5, 5.41) is 19.0. The minimum absolute atomic E-state index is 0.0963. The van der Waals surface area contributed by atoms with E-state index in [-0.39, 0.29) is 26.9 Å². The van der Waals surface area contributed by atoms with Gasteiger partial charge in [-0.05, 0) is 22.0 Å². The van der Waals surface area contributed by atoms with Crippen molar-refractivity contribution in [3.05, 3.63) is 26.1 Å². The molecule has 0 aliphatic rings. The van der Waals surface area contributed by atoms with Crippen LogP contribution in [0.2, 0.25) is 10.0 Å². The van der Waals surface area contributed by atoms with Gasteiger partial charge in [-0.25, -0.2) is 0 Å². The monoisotopic (exact) mass is 299 g/mol. The van der Waals surface area contributed by atoms with Gasteiger partial charge in [-0.3, -0.25) is 0 Å². The van der Waals surface area contributed by atoms with Crippen molar-refractivity contribution in [2.24, 2.45) is 5.73 Å². The number of aliphatic hydroxyl groups excluding tert-OH is 1. The summed E-state index contributed by atoms with van der Waals surface area (Å²) in [5.74, 6) is -0.0963. The fourth-order valence-corrected chi connectivity index (χ4v) is 1.90. The maximum absolute atomic E-state index is 9.62. The summed E-state index contributed by atoms with van der Waals surface area (Å²) in [6, 6.07) is 0.756. The van der Waals surface area contributed by atoms with Gasteiger partial charge in [0.05, 0.1) is 27.2 Å². The quantitative estimate of drug-likeness (QED) is 0.735. The molecule has 6 heteroatoms. The topological polar surface area (TPSA) is 66.5 Å². The first-order valence-corrected chi connectivity index (χ1v) is 5.26. The van der Waals surface area contributed by atoms with Crippen molar-refractivity contribution >= 4 is 39.1 Å². The fourth-order valence-electron chi connectivity index (χ4n) is 0.985. The van der Waals surface area contributed by atoms with E-state index in [1.54, 1.807) is 0 Å². The van der Waals surface area contributed by atoms with E-state index < -0.39 is 6.04 Å². The second-order valence-corrected chi connectivity index (χ2v) is 4.29. The normalized spacial score (nSPS) is 12.9. The first-order chi connectivity index (χ1) is 6.49. The lowest BCUT2D eigenvalue weighted by molar-refractivity contribution is 0.265. The van der Waals surface area contributed by atoms with E-state index in [0.29, 0.717) is 5.56 Å². The zero-order chi connectivity index (χ0) is 10.9. The van der Waals surface area contributed by atoms with Crippen molar-refractivity contribution < 1.29 is 10.2 Å². The molecule has 1 atom stereocenters. The van der Waals surface area contributed by atoms with Crippen LogP contribution in [0.25, 0.3) is 0 Å². The molecule has 78 valence electrons. The van der Waals surface area contributed by atoms with Crippen molar-refractivity contribution in [1.29, 1.82) is 0 Å². The molecule has 0 aromatic heterocycles. The minimum Gasteiger partial charge on any atom is -0.506 e. The Morgan fingerprint density at radius 1 is 1.50 bits per heavy atom. The highest BCUT2D eigenvalue weighted by molar-refractivity contribution is 9.10. The number of benzene rings is 1. The van der Waals surface area contributed by atoms with Gasteiger partial charge in [0.1, 0.15) is 5.75 Å². The van der Waals surface area contributed by atoms with Gasteiger partial charge in [-0.15, -0.1) is 0 Å². The number of halogens is 3. The molecule has 1 aromatic rings. The van der Waals surface area contributed by atoms with E-state index in [0.717, 1.165) is 0 Å². The van der Waals surface area contributed by atoms with E-state index in [1.807, 2.05) is 0 Å². The van der Waals surface area contributed by atoms with Crippen molar-refractivity contribution in [3.8, 4) is 5.75 Å². The minimum atomic E-state index is -0.680. The number of phenols is 1. The summed E-state index contributed by atoms with van der Waals surface area (Å²) in [4.78, 5) is 0. The molecule has 0 unspecified atom stereocenters. The summed E-state index contributed by atoms with van der Waals surface area (Å²) in [5.41, 5.74) is 5.91. The predicted molar refractivity (Wildman–Crippen MR) is 59.8 cm³/mol. The Kier molecular flexibility index (Phi) is 4.04. The highest BCUT2D eigenvalue weighted by Gasteiger charge is 2.17. The lowest BCUT2D eigenvalue weighted by Crippen LogP contribution is -2.14. The van der Waals surface area contributed by atoms with Crippen LogP contribution in [0.3, 0.4) is 0 Å². The van der Waals surface area contributed by atoms with E-state index in [4.69, 9.17) is 34.0 Å². The maximum atomic E-state index is 9.62. The Balaban J connectivity index is 3.33. The molecule has 3 nitrogen and oxygen atoms in total. The number of aromatic hydroxyl groups is 1. The van der Waals surface area contributed by atoms with Gasteiger partial charge in [0.25, 0.3) is 0 Å². The Hall–Kier alpha value is -0.000000000000000111. The largest absolute Gasteiger partial charge is 0.506 e. The first kappa shape index (κ1) is 12.1. The van der Waals surface area contributed by atoms with Gasteiger partial charge >= 0.3 is 0 Å². The van der Waals surface area contributed by atoms with Crippen molar-refractivity contribution in [2.45, 2.75) is 6.04 Å². The summed E-state index contributed by atoms with van der Waals surface area (Å²) in [6.07, 6.45) is 0. The SMILES string of the molecule is N[C@H](CO)c1cc(Cl)c(Cl)c(Br)c1O. The third-order valence-electron chi connectivity index (χ3n) is 1.76. The second kappa shape index (κ2) is 4.68. The molecule has 0 spiro atoms. The molecular weight excluding hydrogens is 293 g/mol. The number of aliphatic hydroxyl groups is 1. The van der Waals surface area contributed by atoms with Crippen LogP contribution in [0.4, 0.5) is 0 Å². The number of nitrogens with two attached hydrogens (primary N) is 1. The van der Waals surface area contributed by atoms with Crippen molar-refractivity contribution in [3.63, 3.8) is 0 Å². The number of rotatable bonds is 2. The van der Waals surface area contributed by atoms with Crippen LogP contribution in [0.15, 0.2) is 10.5 Å². The van der Waals surface area contributed by atoms with Crippen LogP contribution in [0, 0.1) is 0 Å². The third-order valence-corrected chi connectivity index (χ3v) is 3.55. The van der Waals surface area contributed by atoms with Crippen LogP contribution in [-0.2, 0) is 0 Å². The van der Waals surface area contributed by atoms with Crippen molar-refractivity contribution in [2.75, 3.05) is 6.61 Å². The summed E-state index contributed by atoms with van der Waals surface area (Å²) in [6.45, 7) is -0.280. The van der Waals surface area contributed by atoms with Crippen LogP contribution in [0.5, 0.6) is 5.75 Å². The van der Waals surface area contributed by atoms with Crippen LogP contribution in [-0.4, -0.2) is 16.8 Å². The second-order valence-electron chi connectivity index (χ2n) is 2.71. The van der Waals surface area contributed by atoms with Crippen LogP contribution in [0.1, 0.15) is 11.6 Å². The predicted octanol–water partition coefficient (Wildman–Crippen LogP) is 2.45. The highest BCUT2D eigenvalue weighted by Crippen LogP contribution is 2.41. The molecule has 0 saturated carbocycles. The lowest BCUT2D eigenvalue weighted by atomic mass is 10.1. The van der Waals surface area contributed by atoms with E-state index in [2.05, 4.69) is 15.9 Å². The van der Waals surface area contributed by atoms with Gasteiger partial charge in [-0.1, -0.05) is 23.2 Å². The maximum Gasteiger partial charge on any atom is 0.136 e. The summed E-state index contributed by atoms with van der Waals surface area (Å²) in [7, 11) is 0. The van der Waals surface area contributed by atoms with E-state index >= 15 is 0 Å². The molecule has 0 saturated heterocycles. The van der Waals surface area contributed by atoms with E-state index in [9.17, 15) is 5.11 Å². The number of hydrogen-bond donors (Lipinski definition) is 3. The zero-order valence-electron chi connectivity index (χ0n) is 6.97.